The number of rotatable bonds is 6. The largest absolute Gasteiger partial charge is 0.387 e. The van der Waals surface area contributed by atoms with Crippen molar-refractivity contribution in [3.8, 4) is 0 Å². The normalized spacial score (nSPS) is 11.4. The van der Waals surface area contributed by atoms with Crippen LogP contribution in [-0.2, 0) is 16.4 Å². The van der Waals surface area contributed by atoms with Crippen molar-refractivity contribution in [2.75, 3.05) is 18.9 Å². The molecule has 0 saturated carbocycles. The Kier molecular flexibility index (Phi) is 4.52. The van der Waals surface area contributed by atoms with E-state index in [1.165, 1.54) is 11.3 Å². The van der Waals surface area contributed by atoms with Crippen molar-refractivity contribution in [2.24, 2.45) is 0 Å². The van der Waals surface area contributed by atoms with Crippen molar-refractivity contribution in [2.45, 2.75) is 11.3 Å². The van der Waals surface area contributed by atoms with Crippen LogP contribution >= 0.6 is 11.3 Å². The molecular weight excluding hydrogens is 282 g/mol. The SMILES string of the molecule is CNc1ccccc1S(=O)(=O)NCCc1cscn1. The van der Waals surface area contributed by atoms with Crippen LogP contribution in [0.2, 0.25) is 0 Å². The van der Waals surface area contributed by atoms with Gasteiger partial charge in [-0.1, -0.05) is 12.1 Å². The summed E-state index contributed by atoms with van der Waals surface area (Å²) in [4.78, 5) is 4.37. The average molecular weight is 297 g/mol. The van der Waals surface area contributed by atoms with Gasteiger partial charge in [0.1, 0.15) is 4.90 Å². The maximum atomic E-state index is 12.2. The first-order chi connectivity index (χ1) is 9.13. The van der Waals surface area contributed by atoms with Crippen LogP contribution in [0.4, 0.5) is 5.69 Å². The fourth-order valence-corrected chi connectivity index (χ4v) is 3.50. The minimum Gasteiger partial charge on any atom is -0.387 e. The van der Waals surface area contributed by atoms with E-state index in [-0.39, 0.29) is 4.90 Å². The van der Waals surface area contributed by atoms with E-state index in [4.69, 9.17) is 0 Å². The molecule has 1 aromatic carbocycles. The van der Waals surface area contributed by atoms with Gasteiger partial charge in [0, 0.05) is 25.4 Å². The topological polar surface area (TPSA) is 71.1 Å². The number of sulfonamides is 1. The van der Waals surface area contributed by atoms with E-state index < -0.39 is 10.0 Å². The van der Waals surface area contributed by atoms with Crippen LogP contribution < -0.4 is 10.0 Å². The number of hydrogen-bond donors (Lipinski definition) is 2. The number of hydrogen-bond acceptors (Lipinski definition) is 5. The van der Waals surface area contributed by atoms with Gasteiger partial charge in [-0.15, -0.1) is 11.3 Å². The summed E-state index contributed by atoms with van der Waals surface area (Å²) in [5.41, 5.74) is 3.22. The van der Waals surface area contributed by atoms with Crippen molar-refractivity contribution in [1.29, 1.82) is 0 Å². The van der Waals surface area contributed by atoms with Crippen LogP contribution in [0.3, 0.4) is 0 Å². The molecule has 0 aliphatic carbocycles. The minimum absolute atomic E-state index is 0.260. The maximum Gasteiger partial charge on any atom is 0.242 e. The third kappa shape index (κ3) is 3.52. The van der Waals surface area contributed by atoms with Crippen LogP contribution in [-0.4, -0.2) is 27.0 Å². The summed E-state index contributed by atoms with van der Waals surface area (Å²) in [7, 11) is -1.80. The van der Waals surface area contributed by atoms with Crippen LogP contribution in [0.15, 0.2) is 40.1 Å². The van der Waals surface area contributed by atoms with Gasteiger partial charge in [-0.3, -0.25) is 0 Å². The molecule has 0 bridgehead atoms. The molecule has 1 heterocycles. The predicted molar refractivity (Wildman–Crippen MR) is 77.0 cm³/mol. The molecule has 0 saturated heterocycles. The Morgan fingerprint density at radius 1 is 1.32 bits per heavy atom. The molecule has 0 aliphatic heterocycles. The van der Waals surface area contributed by atoms with Crippen LogP contribution in [0.1, 0.15) is 5.69 Å². The van der Waals surface area contributed by atoms with Gasteiger partial charge in [0.2, 0.25) is 10.0 Å². The zero-order chi connectivity index (χ0) is 13.7. The lowest BCUT2D eigenvalue weighted by Crippen LogP contribution is -2.26. The lowest BCUT2D eigenvalue weighted by Gasteiger charge is -2.10. The molecule has 2 aromatic rings. The average Bonchev–Trinajstić information content (AvgIpc) is 2.91. The molecule has 19 heavy (non-hydrogen) atoms. The molecule has 0 aliphatic rings. The Balaban J connectivity index is 2.05. The summed E-state index contributed by atoms with van der Waals surface area (Å²) in [5.74, 6) is 0. The zero-order valence-electron chi connectivity index (χ0n) is 10.5. The Hall–Kier alpha value is -1.44. The smallest absolute Gasteiger partial charge is 0.242 e. The summed E-state index contributed by atoms with van der Waals surface area (Å²) in [6.45, 7) is 0.337. The van der Waals surface area contributed by atoms with Gasteiger partial charge >= 0.3 is 0 Å². The zero-order valence-corrected chi connectivity index (χ0v) is 12.1. The van der Waals surface area contributed by atoms with Gasteiger partial charge in [-0.2, -0.15) is 0 Å². The molecule has 0 fully saturated rings. The van der Waals surface area contributed by atoms with Crippen molar-refractivity contribution >= 4 is 27.0 Å². The summed E-state index contributed by atoms with van der Waals surface area (Å²) in [6.07, 6.45) is 0.588. The van der Waals surface area contributed by atoms with Crippen LogP contribution in [0.5, 0.6) is 0 Å². The molecule has 1 aromatic heterocycles. The van der Waals surface area contributed by atoms with E-state index >= 15 is 0 Å². The lowest BCUT2D eigenvalue weighted by molar-refractivity contribution is 0.581. The van der Waals surface area contributed by atoms with Gasteiger partial charge in [0.25, 0.3) is 0 Å². The van der Waals surface area contributed by atoms with E-state index in [2.05, 4.69) is 15.0 Å². The van der Waals surface area contributed by atoms with E-state index in [1.807, 2.05) is 5.38 Å². The summed E-state index contributed by atoms with van der Waals surface area (Å²) < 4.78 is 26.9. The molecule has 0 unspecified atom stereocenters. The second kappa shape index (κ2) is 6.14. The fraction of sp³-hybridized carbons (Fsp3) is 0.250. The van der Waals surface area contributed by atoms with Gasteiger partial charge < -0.3 is 5.32 Å². The van der Waals surface area contributed by atoms with Gasteiger partial charge in [0.15, 0.2) is 0 Å². The van der Waals surface area contributed by atoms with E-state index in [0.29, 0.717) is 18.7 Å². The summed E-state index contributed by atoms with van der Waals surface area (Å²) >= 11 is 1.50. The minimum atomic E-state index is -3.49. The number of thiazole rings is 1. The number of benzene rings is 1. The van der Waals surface area contributed by atoms with Crippen molar-refractivity contribution < 1.29 is 8.42 Å². The first-order valence-electron chi connectivity index (χ1n) is 5.77. The quantitative estimate of drug-likeness (QED) is 0.851. The maximum absolute atomic E-state index is 12.2. The lowest BCUT2D eigenvalue weighted by atomic mass is 10.3. The third-order valence-corrected chi connectivity index (χ3v) is 4.76. The molecule has 0 spiro atoms. The highest BCUT2D eigenvalue weighted by Gasteiger charge is 2.16. The first kappa shape index (κ1) is 14.0. The second-order valence-corrected chi connectivity index (χ2v) is 6.33. The molecule has 0 atom stereocenters. The highest BCUT2D eigenvalue weighted by Crippen LogP contribution is 2.19. The van der Waals surface area contributed by atoms with E-state index in [9.17, 15) is 8.42 Å². The van der Waals surface area contributed by atoms with Gasteiger partial charge in [-0.25, -0.2) is 18.1 Å². The standard InChI is InChI=1S/C12H15N3O2S2/c1-13-11-4-2-3-5-12(11)19(16,17)15-7-6-10-8-18-9-14-10/h2-5,8-9,13,15H,6-7H2,1H3. The molecule has 5 nitrogen and oxygen atoms in total. The second-order valence-electron chi connectivity index (χ2n) is 3.87. The number of para-hydroxylation sites is 1. The molecule has 102 valence electrons. The summed E-state index contributed by atoms with van der Waals surface area (Å²) in [5, 5.41) is 4.79. The Morgan fingerprint density at radius 3 is 2.79 bits per heavy atom. The Labute approximate surface area is 116 Å². The van der Waals surface area contributed by atoms with Crippen molar-refractivity contribution in [3.05, 3.63) is 40.8 Å². The number of nitrogens with one attached hydrogen (secondary N) is 2. The van der Waals surface area contributed by atoms with E-state index in [1.54, 1.807) is 36.8 Å². The van der Waals surface area contributed by atoms with Gasteiger partial charge in [-0.05, 0) is 12.1 Å². The third-order valence-electron chi connectivity index (χ3n) is 2.60. The Morgan fingerprint density at radius 2 is 2.11 bits per heavy atom. The van der Waals surface area contributed by atoms with Crippen molar-refractivity contribution in [1.82, 2.24) is 9.71 Å². The molecular formula is C12H15N3O2S2. The number of aromatic nitrogens is 1. The van der Waals surface area contributed by atoms with Crippen LogP contribution in [0.25, 0.3) is 0 Å². The highest BCUT2D eigenvalue weighted by atomic mass is 32.2. The molecule has 2 rings (SSSR count). The summed E-state index contributed by atoms with van der Waals surface area (Å²) in [6, 6.07) is 6.81. The van der Waals surface area contributed by atoms with Gasteiger partial charge in [0.05, 0.1) is 16.9 Å². The van der Waals surface area contributed by atoms with Crippen LogP contribution in [0, 0.1) is 0 Å². The first-order valence-corrected chi connectivity index (χ1v) is 8.19. The monoisotopic (exact) mass is 297 g/mol. The fourth-order valence-electron chi connectivity index (χ4n) is 1.66. The predicted octanol–water partition coefficient (Wildman–Crippen LogP) is 1.71. The number of anilines is 1. The Bertz CT molecular complexity index is 624. The van der Waals surface area contributed by atoms with E-state index in [0.717, 1.165) is 5.69 Å². The molecule has 0 radical (unpaired) electrons. The molecule has 0 amide bonds. The number of nitrogens with zero attached hydrogens (tertiary/aromatic N) is 1. The van der Waals surface area contributed by atoms with Crippen molar-refractivity contribution in [3.63, 3.8) is 0 Å². The molecule has 2 N–H and O–H groups in total. The highest BCUT2D eigenvalue weighted by molar-refractivity contribution is 7.89. The molecule has 7 heteroatoms.